The Morgan fingerprint density at radius 2 is 1.61 bits per heavy atom. The first-order valence-electron chi connectivity index (χ1n) is 6.87. The summed E-state index contributed by atoms with van der Waals surface area (Å²) in [5.74, 6) is -0.722. The maximum atomic E-state index is 11.5. The highest BCUT2D eigenvalue weighted by atomic mass is 16.5. The van der Waals surface area contributed by atoms with Crippen LogP contribution in [0.5, 0.6) is 17.2 Å². The third-order valence-corrected chi connectivity index (χ3v) is 2.94. The summed E-state index contributed by atoms with van der Waals surface area (Å²) in [6, 6.07) is 10.8. The first-order valence-corrected chi connectivity index (χ1v) is 6.87. The highest BCUT2D eigenvalue weighted by molar-refractivity contribution is 5.87. The number of phenols is 3. The van der Waals surface area contributed by atoms with E-state index in [0.717, 1.165) is 5.56 Å². The highest BCUT2D eigenvalue weighted by Gasteiger charge is 1.98. The Morgan fingerprint density at radius 3 is 2.30 bits per heavy atom. The molecule has 0 bridgehead atoms. The SMILES string of the molecule is O=C(/C=C/c1ccc(O)cc1)OC/C=C/c1ccc(O)c(O)c1. The molecular formula is C18H16O5. The lowest BCUT2D eigenvalue weighted by molar-refractivity contribution is -0.136. The zero-order valence-electron chi connectivity index (χ0n) is 12.2. The van der Waals surface area contributed by atoms with Crippen LogP contribution in [0.1, 0.15) is 11.1 Å². The van der Waals surface area contributed by atoms with Gasteiger partial charge in [0.25, 0.3) is 0 Å². The van der Waals surface area contributed by atoms with Crippen LogP contribution in [0.4, 0.5) is 0 Å². The molecule has 0 aromatic heterocycles. The van der Waals surface area contributed by atoms with Crippen LogP contribution in [-0.2, 0) is 9.53 Å². The molecule has 0 unspecified atom stereocenters. The lowest BCUT2D eigenvalue weighted by Crippen LogP contribution is -1.99. The average molecular weight is 312 g/mol. The van der Waals surface area contributed by atoms with Crippen LogP contribution in [0.25, 0.3) is 12.2 Å². The van der Waals surface area contributed by atoms with Crippen molar-refractivity contribution in [2.75, 3.05) is 6.61 Å². The average Bonchev–Trinajstić information content (AvgIpc) is 2.54. The number of rotatable bonds is 5. The van der Waals surface area contributed by atoms with Crippen molar-refractivity contribution in [2.24, 2.45) is 0 Å². The predicted octanol–water partition coefficient (Wildman–Crippen LogP) is 3.07. The molecule has 118 valence electrons. The fourth-order valence-electron chi connectivity index (χ4n) is 1.76. The van der Waals surface area contributed by atoms with Crippen LogP contribution in [0.3, 0.4) is 0 Å². The van der Waals surface area contributed by atoms with Gasteiger partial charge in [-0.1, -0.05) is 24.3 Å². The van der Waals surface area contributed by atoms with E-state index in [1.54, 1.807) is 36.4 Å². The monoisotopic (exact) mass is 312 g/mol. The van der Waals surface area contributed by atoms with Crippen molar-refractivity contribution in [3.8, 4) is 17.2 Å². The standard InChI is InChI=1S/C18H16O5/c19-15-7-3-13(4-8-15)6-10-18(22)23-11-1-2-14-5-9-16(20)17(21)12-14/h1-10,12,19-21H,11H2/b2-1+,10-6+. The van der Waals surface area contributed by atoms with Gasteiger partial charge in [0.1, 0.15) is 12.4 Å². The van der Waals surface area contributed by atoms with Crippen LogP contribution in [0.15, 0.2) is 54.6 Å². The molecule has 0 aliphatic rings. The molecule has 0 atom stereocenters. The van der Waals surface area contributed by atoms with Gasteiger partial charge in [-0.2, -0.15) is 0 Å². The van der Waals surface area contributed by atoms with E-state index in [4.69, 9.17) is 9.84 Å². The predicted molar refractivity (Wildman–Crippen MR) is 86.9 cm³/mol. The summed E-state index contributed by atoms with van der Waals surface area (Å²) >= 11 is 0. The molecule has 23 heavy (non-hydrogen) atoms. The number of phenolic OH excluding ortho intramolecular Hbond substituents is 3. The molecule has 0 heterocycles. The normalized spacial score (nSPS) is 11.1. The largest absolute Gasteiger partial charge is 0.508 e. The molecule has 2 aromatic carbocycles. The Kier molecular flexibility index (Phi) is 5.41. The lowest BCUT2D eigenvalue weighted by atomic mass is 10.2. The van der Waals surface area contributed by atoms with Crippen LogP contribution < -0.4 is 0 Å². The van der Waals surface area contributed by atoms with Gasteiger partial charge in [0.2, 0.25) is 0 Å². The van der Waals surface area contributed by atoms with Crippen molar-refractivity contribution in [3.05, 3.63) is 65.7 Å². The zero-order valence-corrected chi connectivity index (χ0v) is 12.2. The Balaban J connectivity index is 1.81. The van der Waals surface area contributed by atoms with Crippen molar-refractivity contribution in [1.29, 1.82) is 0 Å². The minimum absolute atomic E-state index is 0.0837. The maximum absolute atomic E-state index is 11.5. The number of esters is 1. The van der Waals surface area contributed by atoms with Gasteiger partial charge in [-0.25, -0.2) is 4.79 Å². The Morgan fingerprint density at radius 1 is 0.913 bits per heavy atom. The van der Waals surface area contributed by atoms with Crippen LogP contribution in [0, 0.1) is 0 Å². The highest BCUT2D eigenvalue weighted by Crippen LogP contribution is 2.25. The molecule has 0 saturated carbocycles. The molecule has 0 saturated heterocycles. The number of carbonyl (C=O) groups excluding carboxylic acids is 1. The molecule has 0 spiro atoms. The van der Waals surface area contributed by atoms with E-state index in [1.165, 1.54) is 30.3 Å². The van der Waals surface area contributed by atoms with E-state index in [9.17, 15) is 15.0 Å². The molecule has 5 heteroatoms. The smallest absolute Gasteiger partial charge is 0.331 e. The molecule has 5 nitrogen and oxygen atoms in total. The van der Waals surface area contributed by atoms with Crippen LogP contribution in [0.2, 0.25) is 0 Å². The van der Waals surface area contributed by atoms with Gasteiger partial charge < -0.3 is 20.1 Å². The number of ether oxygens (including phenoxy) is 1. The molecule has 0 aliphatic heterocycles. The fourth-order valence-corrected chi connectivity index (χ4v) is 1.76. The van der Waals surface area contributed by atoms with Crippen molar-refractivity contribution >= 4 is 18.1 Å². The lowest BCUT2D eigenvalue weighted by Gasteiger charge is -1.99. The van der Waals surface area contributed by atoms with Gasteiger partial charge in [-0.05, 0) is 47.5 Å². The van der Waals surface area contributed by atoms with Gasteiger partial charge in [0.15, 0.2) is 11.5 Å². The molecule has 2 aromatic rings. The fraction of sp³-hybridized carbons (Fsp3) is 0.0556. The van der Waals surface area contributed by atoms with Gasteiger partial charge in [-0.3, -0.25) is 0 Å². The number of hydrogen-bond acceptors (Lipinski definition) is 5. The summed E-state index contributed by atoms with van der Waals surface area (Å²) in [5.41, 5.74) is 1.45. The van der Waals surface area contributed by atoms with E-state index in [1.807, 2.05) is 0 Å². The van der Waals surface area contributed by atoms with Gasteiger partial charge in [0.05, 0.1) is 0 Å². The van der Waals surface area contributed by atoms with Crippen molar-refractivity contribution in [3.63, 3.8) is 0 Å². The van der Waals surface area contributed by atoms with Gasteiger partial charge in [0, 0.05) is 6.08 Å². The third-order valence-electron chi connectivity index (χ3n) is 2.94. The molecule has 3 N–H and O–H groups in total. The zero-order chi connectivity index (χ0) is 16.7. The Labute approximate surface area is 133 Å². The summed E-state index contributed by atoms with van der Waals surface area (Å²) in [4.78, 5) is 11.5. The molecule has 0 aliphatic carbocycles. The second-order valence-corrected chi connectivity index (χ2v) is 4.71. The van der Waals surface area contributed by atoms with E-state index in [2.05, 4.69) is 0 Å². The van der Waals surface area contributed by atoms with Crippen molar-refractivity contribution < 1.29 is 24.9 Å². The summed E-state index contributed by atoms with van der Waals surface area (Å²) in [6.07, 6.45) is 6.17. The van der Waals surface area contributed by atoms with Crippen molar-refractivity contribution in [1.82, 2.24) is 0 Å². The molecule has 0 fully saturated rings. The molecular weight excluding hydrogens is 296 g/mol. The van der Waals surface area contributed by atoms with E-state index < -0.39 is 5.97 Å². The third kappa shape index (κ3) is 5.24. The molecule has 0 radical (unpaired) electrons. The second-order valence-electron chi connectivity index (χ2n) is 4.71. The van der Waals surface area contributed by atoms with E-state index >= 15 is 0 Å². The van der Waals surface area contributed by atoms with Gasteiger partial charge in [-0.15, -0.1) is 0 Å². The van der Waals surface area contributed by atoms with Crippen LogP contribution >= 0.6 is 0 Å². The minimum Gasteiger partial charge on any atom is -0.508 e. The maximum Gasteiger partial charge on any atom is 0.331 e. The topological polar surface area (TPSA) is 87.0 Å². The summed E-state index contributed by atoms with van der Waals surface area (Å²) in [6.45, 7) is 0.0837. The summed E-state index contributed by atoms with van der Waals surface area (Å²) in [5, 5.41) is 27.7. The molecule has 0 amide bonds. The minimum atomic E-state index is -0.490. The molecule has 2 rings (SSSR count). The van der Waals surface area contributed by atoms with Crippen LogP contribution in [-0.4, -0.2) is 27.9 Å². The number of hydrogen-bond donors (Lipinski definition) is 3. The second kappa shape index (κ2) is 7.70. The number of benzene rings is 2. The van der Waals surface area contributed by atoms with Gasteiger partial charge >= 0.3 is 5.97 Å². The Bertz CT molecular complexity index is 730. The van der Waals surface area contributed by atoms with E-state index in [-0.39, 0.29) is 23.9 Å². The quantitative estimate of drug-likeness (QED) is 0.449. The number of aromatic hydroxyl groups is 3. The number of carbonyl (C=O) groups is 1. The first kappa shape index (κ1) is 16.2. The summed E-state index contributed by atoms with van der Waals surface area (Å²) in [7, 11) is 0. The van der Waals surface area contributed by atoms with E-state index in [0.29, 0.717) is 5.56 Å². The summed E-state index contributed by atoms with van der Waals surface area (Å²) < 4.78 is 4.99. The Hall–Kier alpha value is -3.21. The first-order chi connectivity index (χ1) is 11.0. The van der Waals surface area contributed by atoms with Crippen molar-refractivity contribution in [2.45, 2.75) is 0 Å².